The third-order valence-electron chi connectivity index (χ3n) is 7.62. The summed E-state index contributed by atoms with van der Waals surface area (Å²) in [4.78, 5) is 36.9. The van der Waals surface area contributed by atoms with E-state index in [1.165, 1.54) is 19.3 Å². The summed E-state index contributed by atoms with van der Waals surface area (Å²) in [5.74, 6) is 6.16. The fourth-order valence-electron chi connectivity index (χ4n) is 5.05. The fourth-order valence-corrected chi connectivity index (χ4v) is 5.05. The maximum absolute atomic E-state index is 13.6. The summed E-state index contributed by atoms with van der Waals surface area (Å²) < 4.78 is 6.34. The second kappa shape index (κ2) is 13.6. The Morgan fingerprint density at radius 1 is 1.18 bits per heavy atom. The molecule has 8 nitrogen and oxygen atoms in total. The highest BCUT2D eigenvalue weighted by Gasteiger charge is 2.34. The van der Waals surface area contributed by atoms with Gasteiger partial charge >= 0.3 is 0 Å². The normalized spacial score (nSPS) is 20.5. The molecular formula is C31H40N4O4. The van der Waals surface area contributed by atoms with Crippen molar-refractivity contribution in [3.05, 3.63) is 59.3 Å². The topological polar surface area (TPSA) is 86.2 Å². The Balaban J connectivity index is 1.54. The summed E-state index contributed by atoms with van der Waals surface area (Å²) in [6, 6.07) is 10.9. The summed E-state index contributed by atoms with van der Waals surface area (Å²) in [5, 5.41) is 9.90. The van der Waals surface area contributed by atoms with Gasteiger partial charge in [-0.1, -0.05) is 43.4 Å². The first kappa shape index (κ1) is 28.6. The van der Waals surface area contributed by atoms with E-state index >= 15 is 0 Å². The Morgan fingerprint density at radius 3 is 2.62 bits per heavy atom. The largest absolute Gasteiger partial charge is 0.472 e. The molecular weight excluding hydrogens is 492 g/mol. The summed E-state index contributed by atoms with van der Waals surface area (Å²) >= 11 is 0. The van der Waals surface area contributed by atoms with Crippen molar-refractivity contribution in [3.8, 4) is 17.7 Å². The van der Waals surface area contributed by atoms with Crippen LogP contribution in [0.5, 0.6) is 5.88 Å². The highest BCUT2D eigenvalue weighted by Crippen LogP contribution is 2.27. The molecule has 0 aliphatic carbocycles. The van der Waals surface area contributed by atoms with Crippen LogP contribution in [0.4, 0.5) is 0 Å². The minimum absolute atomic E-state index is 0.0785. The number of aromatic nitrogens is 1. The van der Waals surface area contributed by atoms with Gasteiger partial charge in [0, 0.05) is 49.8 Å². The molecule has 3 heterocycles. The van der Waals surface area contributed by atoms with Gasteiger partial charge in [0.2, 0.25) is 11.8 Å². The molecule has 0 spiro atoms. The summed E-state index contributed by atoms with van der Waals surface area (Å²) in [5.41, 5.74) is 1.77. The lowest BCUT2D eigenvalue weighted by atomic mass is 9.99. The zero-order valence-corrected chi connectivity index (χ0v) is 23.3. The van der Waals surface area contributed by atoms with Crippen LogP contribution in [0.15, 0.2) is 42.6 Å². The number of likely N-dealkylation sites (tertiary alicyclic amines) is 1. The SMILES string of the molecule is C[C@@H]1CN([C@@H](C)CO)C(=O)c2cc(C#Cc3ccccc3)cnc2O[C@H]1CN(C)C(=O)CCN1CCCCC1. The smallest absolute Gasteiger partial charge is 0.259 e. The number of pyridine rings is 1. The lowest BCUT2D eigenvalue weighted by Gasteiger charge is -2.37. The van der Waals surface area contributed by atoms with Crippen LogP contribution in [-0.4, -0.2) is 95.1 Å². The molecule has 4 rings (SSSR count). The minimum Gasteiger partial charge on any atom is -0.472 e. The van der Waals surface area contributed by atoms with Gasteiger partial charge in [0.05, 0.1) is 19.2 Å². The maximum atomic E-state index is 13.6. The van der Waals surface area contributed by atoms with Crippen LogP contribution < -0.4 is 4.74 Å². The Bertz CT molecular complexity index is 1190. The molecule has 0 unspecified atom stereocenters. The third-order valence-corrected chi connectivity index (χ3v) is 7.62. The Kier molecular flexibility index (Phi) is 9.96. The van der Waals surface area contributed by atoms with E-state index in [0.29, 0.717) is 30.6 Å². The number of carbonyl (C=O) groups excluding carboxylic acids is 2. The minimum atomic E-state index is -0.380. The van der Waals surface area contributed by atoms with Crippen molar-refractivity contribution in [3.63, 3.8) is 0 Å². The molecule has 0 radical (unpaired) electrons. The number of amides is 2. The Labute approximate surface area is 232 Å². The summed E-state index contributed by atoms with van der Waals surface area (Å²) in [6.07, 6.45) is 5.38. The number of nitrogens with zero attached hydrogens (tertiary/aromatic N) is 4. The highest BCUT2D eigenvalue weighted by molar-refractivity contribution is 5.97. The van der Waals surface area contributed by atoms with Crippen LogP contribution in [0, 0.1) is 17.8 Å². The van der Waals surface area contributed by atoms with Crippen molar-refractivity contribution in [1.82, 2.24) is 19.7 Å². The molecule has 1 aromatic carbocycles. The van der Waals surface area contributed by atoms with Gasteiger partial charge in [-0.3, -0.25) is 9.59 Å². The van der Waals surface area contributed by atoms with Crippen LogP contribution in [0.25, 0.3) is 0 Å². The Morgan fingerprint density at radius 2 is 1.90 bits per heavy atom. The number of piperidine rings is 1. The molecule has 2 amide bonds. The number of ether oxygens (including phenoxy) is 1. The van der Waals surface area contributed by atoms with Gasteiger partial charge in [-0.2, -0.15) is 0 Å². The number of hydrogen-bond donors (Lipinski definition) is 1. The lowest BCUT2D eigenvalue weighted by molar-refractivity contribution is -0.131. The molecule has 2 aromatic rings. The molecule has 0 saturated carbocycles. The molecule has 1 N–H and O–H groups in total. The molecule has 1 fully saturated rings. The predicted octanol–water partition coefficient (Wildman–Crippen LogP) is 3.04. The standard InChI is InChI=1S/C31H40N4O4/c1-23-20-35(24(2)22-36)31(38)27-18-26(13-12-25-10-6-4-7-11-25)19-32-30(27)39-28(23)21-33(3)29(37)14-17-34-15-8-5-9-16-34/h4,6-7,10-11,18-19,23-24,28,36H,5,8-9,14-17,20-22H2,1-3H3/t23-,24+,28+/m1/s1. The van der Waals surface area contributed by atoms with E-state index in [-0.39, 0.29) is 42.4 Å². The van der Waals surface area contributed by atoms with Crippen LogP contribution in [0.1, 0.15) is 61.0 Å². The van der Waals surface area contributed by atoms with E-state index in [0.717, 1.165) is 25.2 Å². The Hall–Kier alpha value is -3.41. The van der Waals surface area contributed by atoms with Gasteiger partial charge in [0.25, 0.3) is 5.91 Å². The van der Waals surface area contributed by atoms with E-state index in [1.807, 2.05) is 51.2 Å². The van der Waals surface area contributed by atoms with Gasteiger partial charge in [0.15, 0.2) is 0 Å². The molecule has 1 saturated heterocycles. The second-order valence-electron chi connectivity index (χ2n) is 10.7. The van der Waals surface area contributed by atoms with Gasteiger partial charge in [-0.15, -0.1) is 0 Å². The second-order valence-corrected chi connectivity index (χ2v) is 10.7. The van der Waals surface area contributed by atoms with Crippen molar-refractivity contribution in [2.45, 2.75) is 51.7 Å². The molecule has 8 heteroatoms. The van der Waals surface area contributed by atoms with Gasteiger partial charge in [-0.05, 0) is 51.1 Å². The van der Waals surface area contributed by atoms with Crippen molar-refractivity contribution < 1.29 is 19.4 Å². The van der Waals surface area contributed by atoms with E-state index in [2.05, 4.69) is 21.7 Å². The monoisotopic (exact) mass is 532 g/mol. The fraction of sp³-hybridized carbons (Fsp3) is 0.516. The predicted molar refractivity (Wildman–Crippen MR) is 150 cm³/mol. The van der Waals surface area contributed by atoms with E-state index in [1.54, 1.807) is 22.1 Å². The third kappa shape index (κ3) is 7.59. The number of aliphatic hydroxyl groups excluding tert-OH is 1. The van der Waals surface area contributed by atoms with Crippen molar-refractivity contribution in [1.29, 1.82) is 0 Å². The number of benzene rings is 1. The number of fused-ring (bicyclic) bond motifs is 1. The molecule has 0 bridgehead atoms. The van der Waals surface area contributed by atoms with Crippen LogP contribution in [-0.2, 0) is 4.79 Å². The van der Waals surface area contributed by atoms with E-state index in [9.17, 15) is 14.7 Å². The first-order valence-electron chi connectivity index (χ1n) is 14.0. The first-order chi connectivity index (χ1) is 18.9. The number of aliphatic hydroxyl groups is 1. The van der Waals surface area contributed by atoms with Gasteiger partial charge in [0.1, 0.15) is 11.7 Å². The molecule has 3 atom stereocenters. The van der Waals surface area contributed by atoms with Gasteiger partial charge in [-0.25, -0.2) is 4.98 Å². The van der Waals surface area contributed by atoms with E-state index in [4.69, 9.17) is 4.74 Å². The first-order valence-corrected chi connectivity index (χ1v) is 14.0. The van der Waals surface area contributed by atoms with E-state index < -0.39 is 0 Å². The van der Waals surface area contributed by atoms with Crippen molar-refractivity contribution in [2.24, 2.45) is 5.92 Å². The average Bonchev–Trinajstić information content (AvgIpc) is 2.97. The quantitative estimate of drug-likeness (QED) is 0.552. The van der Waals surface area contributed by atoms with Crippen LogP contribution in [0.3, 0.4) is 0 Å². The van der Waals surface area contributed by atoms with Crippen molar-refractivity contribution in [2.75, 3.05) is 46.4 Å². The highest BCUT2D eigenvalue weighted by atomic mass is 16.5. The van der Waals surface area contributed by atoms with Crippen molar-refractivity contribution >= 4 is 11.8 Å². The molecule has 208 valence electrons. The molecule has 39 heavy (non-hydrogen) atoms. The molecule has 2 aliphatic heterocycles. The zero-order valence-electron chi connectivity index (χ0n) is 23.3. The molecule has 2 aliphatic rings. The number of carbonyl (C=O) groups is 2. The number of rotatable bonds is 7. The van der Waals surface area contributed by atoms with Crippen LogP contribution >= 0.6 is 0 Å². The number of likely N-dealkylation sites (N-methyl/N-ethyl adjacent to an activating group) is 1. The zero-order chi connectivity index (χ0) is 27.8. The average molecular weight is 533 g/mol. The molecule has 1 aromatic heterocycles. The lowest BCUT2D eigenvalue weighted by Crippen LogP contribution is -2.50. The van der Waals surface area contributed by atoms with Gasteiger partial charge < -0.3 is 24.5 Å². The summed E-state index contributed by atoms with van der Waals surface area (Å²) in [7, 11) is 1.81. The van der Waals surface area contributed by atoms with Crippen LogP contribution in [0.2, 0.25) is 0 Å². The summed E-state index contributed by atoms with van der Waals surface area (Å²) in [6.45, 7) is 7.34. The maximum Gasteiger partial charge on any atom is 0.259 e. The number of hydrogen-bond acceptors (Lipinski definition) is 6.